The molecule has 0 spiro atoms. The predicted molar refractivity (Wildman–Crippen MR) is 229 cm³/mol. The molecule has 0 atom stereocenters. The van der Waals surface area contributed by atoms with Crippen molar-refractivity contribution in [1.29, 1.82) is 0 Å². The molecule has 9 aromatic carbocycles. The number of para-hydroxylation sites is 3. The average molecular weight is 702 g/mol. The summed E-state index contributed by atoms with van der Waals surface area (Å²) in [7, 11) is 0. The Hall–Kier alpha value is -7.36. The van der Waals surface area contributed by atoms with Crippen LogP contribution >= 0.6 is 0 Å². The lowest BCUT2D eigenvalue weighted by Gasteiger charge is -2.14. The zero-order valence-electron chi connectivity index (χ0n) is 29.7. The third kappa shape index (κ3) is 4.50. The minimum Gasteiger partial charge on any atom is -0.456 e. The number of aromatic nitrogens is 1. The van der Waals surface area contributed by atoms with Crippen LogP contribution in [0.15, 0.2) is 197 Å². The molecule has 12 rings (SSSR count). The fraction of sp³-hybridized carbons (Fsp3) is 0. The van der Waals surface area contributed by atoms with Crippen LogP contribution < -0.4 is 0 Å². The van der Waals surface area contributed by atoms with Crippen molar-refractivity contribution in [2.45, 2.75) is 0 Å². The largest absolute Gasteiger partial charge is 0.456 e. The molecule has 3 nitrogen and oxygen atoms in total. The van der Waals surface area contributed by atoms with E-state index in [0.29, 0.717) is 0 Å². The maximum Gasteiger partial charge on any atom is 0.143 e. The van der Waals surface area contributed by atoms with E-state index in [1.807, 2.05) is 12.1 Å². The molecule has 0 unspecified atom stereocenters. The fourth-order valence-electron chi connectivity index (χ4n) is 8.88. The number of nitrogens with zero attached hydrogens (tertiary/aromatic N) is 1. The Balaban J connectivity index is 1.17. The van der Waals surface area contributed by atoms with E-state index in [1.54, 1.807) is 0 Å². The fourth-order valence-corrected chi connectivity index (χ4v) is 8.88. The van der Waals surface area contributed by atoms with Gasteiger partial charge in [0.15, 0.2) is 0 Å². The monoisotopic (exact) mass is 701 g/mol. The number of benzene rings is 9. The van der Waals surface area contributed by atoms with Crippen LogP contribution in [0, 0.1) is 0 Å². The summed E-state index contributed by atoms with van der Waals surface area (Å²) in [4.78, 5) is 0. The van der Waals surface area contributed by atoms with Crippen LogP contribution in [-0.4, -0.2) is 4.57 Å². The van der Waals surface area contributed by atoms with Crippen molar-refractivity contribution in [2.24, 2.45) is 0 Å². The van der Waals surface area contributed by atoms with E-state index in [9.17, 15) is 0 Å². The molecule has 0 saturated heterocycles. The molecule has 0 aliphatic heterocycles. The quantitative estimate of drug-likeness (QED) is 0.183. The van der Waals surface area contributed by atoms with Crippen molar-refractivity contribution in [3.63, 3.8) is 0 Å². The van der Waals surface area contributed by atoms with Gasteiger partial charge in [0.1, 0.15) is 22.3 Å². The summed E-state index contributed by atoms with van der Waals surface area (Å²) in [6, 6.07) is 67.2. The Morgan fingerprint density at radius 2 is 0.982 bits per heavy atom. The van der Waals surface area contributed by atoms with Gasteiger partial charge in [-0.15, -0.1) is 0 Å². The van der Waals surface area contributed by atoms with Crippen LogP contribution in [0.2, 0.25) is 0 Å². The molecule has 3 heterocycles. The second kappa shape index (κ2) is 11.6. The molecule has 3 heteroatoms. The average Bonchev–Trinajstić information content (AvgIpc) is 3.93. The maximum atomic E-state index is 6.73. The third-order valence-electron chi connectivity index (χ3n) is 11.4. The first-order valence-electron chi connectivity index (χ1n) is 18.7. The Labute approximate surface area is 315 Å². The van der Waals surface area contributed by atoms with Gasteiger partial charge in [-0.3, -0.25) is 0 Å². The van der Waals surface area contributed by atoms with Crippen LogP contribution in [0.4, 0.5) is 0 Å². The second-order valence-electron chi connectivity index (χ2n) is 14.4. The van der Waals surface area contributed by atoms with Gasteiger partial charge >= 0.3 is 0 Å². The lowest BCUT2D eigenvalue weighted by molar-refractivity contribution is 0.668. The summed E-state index contributed by atoms with van der Waals surface area (Å²) in [6.45, 7) is 0. The van der Waals surface area contributed by atoms with Gasteiger partial charge in [-0.25, -0.2) is 0 Å². The lowest BCUT2D eigenvalue weighted by atomic mass is 9.92. The molecular formula is C52H31NO2. The summed E-state index contributed by atoms with van der Waals surface area (Å²) in [6.07, 6.45) is 0. The van der Waals surface area contributed by atoms with Crippen molar-refractivity contribution in [3.8, 4) is 39.1 Å². The van der Waals surface area contributed by atoms with E-state index in [4.69, 9.17) is 8.83 Å². The summed E-state index contributed by atoms with van der Waals surface area (Å²) in [5, 5.41) is 9.35. The molecule has 0 fully saturated rings. The summed E-state index contributed by atoms with van der Waals surface area (Å²) in [5.41, 5.74) is 13.6. The molecule has 256 valence electrons. The zero-order chi connectivity index (χ0) is 36.0. The molecular weight excluding hydrogens is 671 g/mol. The van der Waals surface area contributed by atoms with E-state index in [1.165, 1.54) is 32.7 Å². The SMILES string of the molecule is c1ccc(-c2ccc(-c3cc(-c4cc(-n5c6ccccc6c6c7ccccc7ccc65)cc5oc6ccccc6c45)cc4c3oc3ccccc34)cc2)cc1. The highest BCUT2D eigenvalue weighted by molar-refractivity contribution is 6.22. The minimum absolute atomic E-state index is 0.853. The van der Waals surface area contributed by atoms with Gasteiger partial charge in [0.2, 0.25) is 0 Å². The molecule has 0 N–H and O–H groups in total. The van der Waals surface area contributed by atoms with Crippen LogP contribution in [0.1, 0.15) is 0 Å². The zero-order valence-corrected chi connectivity index (χ0v) is 29.7. The molecule has 0 amide bonds. The predicted octanol–water partition coefficient (Wildman–Crippen LogP) is 14.7. The summed E-state index contributed by atoms with van der Waals surface area (Å²) in [5.74, 6) is 0. The topological polar surface area (TPSA) is 31.2 Å². The Morgan fingerprint density at radius 1 is 0.327 bits per heavy atom. The Kier molecular flexibility index (Phi) is 6.34. The van der Waals surface area contributed by atoms with Gasteiger partial charge in [-0.05, 0) is 81.1 Å². The van der Waals surface area contributed by atoms with Crippen LogP contribution in [0.3, 0.4) is 0 Å². The highest BCUT2D eigenvalue weighted by Gasteiger charge is 2.22. The van der Waals surface area contributed by atoms with Crippen molar-refractivity contribution in [1.82, 2.24) is 4.57 Å². The third-order valence-corrected chi connectivity index (χ3v) is 11.4. The van der Waals surface area contributed by atoms with Gasteiger partial charge in [0.05, 0.1) is 16.7 Å². The summed E-state index contributed by atoms with van der Waals surface area (Å²) < 4.78 is 15.8. The number of furan rings is 2. The molecule has 0 radical (unpaired) electrons. The summed E-state index contributed by atoms with van der Waals surface area (Å²) >= 11 is 0. The smallest absolute Gasteiger partial charge is 0.143 e. The van der Waals surface area contributed by atoms with Crippen molar-refractivity contribution in [3.05, 3.63) is 188 Å². The molecule has 0 saturated carbocycles. The van der Waals surface area contributed by atoms with E-state index in [2.05, 4.69) is 180 Å². The standard InChI is InChI=1S/C52H31NO2/c1-2-12-32(13-3-1)33-22-24-35(25-23-33)43-28-36(29-44-39-16-7-10-20-47(39)55-52(43)44)42-30-37(31-49-51(42)41-18-8-11-21-48(41)54-49)53-45-19-9-6-17-40(45)50-38-15-5-4-14-34(38)26-27-46(50)53/h1-31H. The normalized spacial score (nSPS) is 12.0. The minimum atomic E-state index is 0.853. The molecule has 0 aliphatic carbocycles. The molecule has 0 aliphatic rings. The number of fused-ring (bicyclic) bond motifs is 11. The van der Waals surface area contributed by atoms with Crippen molar-refractivity contribution in [2.75, 3.05) is 0 Å². The highest BCUT2D eigenvalue weighted by atomic mass is 16.3. The van der Waals surface area contributed by atoms with E-state index >= 15 is 0 Å². The van der Waals surface area contributed by atoms with Crippen LogP contribution in [-0.2, 0) is 0 Å². The Morgan fingerprint density at radius 3 is 1.82 bits per heavy atom. The van der Waals surface area contributed by atoms with E-state index < -0.39 is 0 Å². The van der Waals surface area contributed by atoms with Gasteiger partial charge in [-0.2, -0.15) is 0 Å². The van der Waals surface area contributed by atoms with E-state index in [0.717, 1.165) is 82.9 Å². The van der Waals surface area contributed by atoms with E-state index in [-0.39, 0.29) is 0 Å². The van der Waals surface area contributed by atoms with Gasteiger partial charge in [-0.1, -0.05) is 140 Å². The highest BCUT2D eigenvalue weighted by Crippen LogP contribution is 2.45. The molecule has 12 aromatic rings. The lowest BCUT2D eigenvalue weighted by Crippen LogP contribution is -1.95. The molecule has 0 bridgehead atoms. The second-order valence-corrected chi connectivity index (χ2v) is 14.4. The van der Waals surface area contributed by atoms with Gasteiger partial charge < -0.3 is 13.4 Å². The first kappa shape index (κ1) is 30.1. The maximum absolute atomic E-state index is 6.73. The van der Waals surface area contributed by atoms with Crippen LogP contribution in [0.5, 0.6) is 0 Å². The molecule has 55 heavy (non-hydrogen) atoms. The number of rotatable bonds is 4. The first-order chi connectivity index (χ1) is 27.3. The Bertz CT molecular complexity index is 3470. The van der Waals surface area contributed by atoms with Crippen molar-refractivity contribution >= 4 is 76.5 Å². The van der Waals surface area contributed by atoms with Crippen molar-refractivity contribution < 1.29 is 8.83 Å². The number of hydrogen-bond donors (Lipinski definition) is 0. The van der Waals surface area contributed by atoms with Gasteiger partial charge in [0, 0.05) is 43.9 Å². The number of hydrogen-bond acceptors (Lipinski definition) is 2. The molecule has 3 aromatic heterocycles. The van der Waals surface area contributed by atoms with Gasteiger partial charge in [0.25, 0.3) is 0 Å². The first-order valence-corrected chi connectivity index (χ1v) is 18.7. The van der Waals surface area contributed by atoms with Crippen LogP contribution in [0.25, 0.3) is 116 Å².